The van der Waals surface area contributed by atoms with Gasteiger partial charge < -0.3 is 9.88 Å². The molecule has 4 aromatic rings. The average molecular weight is 436 g/mol. The van der Waals surface area contributed by atoms with Gasteiger partial charge in [-0.3, -0.25) is 9.59 Å². The minimum atomic E-state index is -0.412. The Balaban J connectivity index is 1.62. The van der Waals surface area contributed by atoms with E-state index in [-0.39, 0.29) is 18.0 Å². The van der Waals surface area contributed by atoms with Gasteiger partial charge in [0, 0.05) is 17.1 Å². The molecule has 156 valence electrons. The number of H-pyrrole nitrogens is 1. The molecule has 5 nitrogen and oxygen atoms in total. The summed E-state index contributed by atoms with van der Waals surface area (Å²) in [6.45, 7) is 0.498. The highest BCUT2D eigenvalue weighted by Crippen LogP contribution is 2.14. The van der Waals surface area contributed by atoms with Gasteiger partial charge in [0.05, 0.1) is 17.4 Å². The predicted octanol–water partition coefficient (Wildman–Crippen LogP) is 4.60. The first-order chi connectivity index (χ1) is 15.0. The molecule has 31 heavy (non-hydrogen) atoms. The maximum absolute atomic E-state index is 13.3. The normalized spacial score (nSPS) is 10.9. The number of amides is 1. The van der Waals surface area contributed by atoms with Crippen molar-refractivity contribution in [2.45, 2.75) is 13.0 Å². The molecule has 1 heterocycles. The van der Waals surface area contributed by atoms with E-state index in [2.05, 4.69) is 9.97 Å². The predicted molar refractivity (Wildman–Crippen MR) is 119 cm³/mol. The highest BCUT2D eigenvalue weighted by atomic mass is 35.5. The van der Waals surface area contributed by atoms with Crippen molar-refractivity contribution in [1.82, 2.24) is 14.9 Å². The number of benzene rings is 3. The Bertz CT molecular complexity index is 1270. The molecule has 0 saturated heterocycles. The molecule has 4 rings (SSSR count). The molecule has 0 fully saturated rings. The number of aromatic nitrogens is 2. The lowest BCUT2D eigenvalue weighted by atomic mass is 10.1. The maximum Gasteiger partial charge on any atom is 0.258 e. The van der Waals surface area contributed by atoms with Gasteiger partial charge in [-0.25, -0.2) is 9.37 Å². The van der Waals surface area contributed by atoms with Crippen LogP contribution in [0, 0.1) is 5.82 Å². The summed E-state index contributed by atoms with van der Waals surface area (Å²) in [6, 6.07) is 19.8. The summed E-state index contributed by atoms with van der Waals surface area (Å²) in [6.07, 6.45) is 0.585. The highest BCUT2D eigenvalue weighted by molar-refractivity contribution is 6.30. The molecule has 0 unspecified atom stereocenters. The SMILES string of the molecule is O=C(c1ccc(F)cc1)N(CCc1ccc(Cl)cc1)Cc1nc2ccccc2c(=O)[nH]1. The molecule has 0 aliphatic carbocycles. The van der Waals surface area contributed by atoms with Gasteiger partial charge in [0.25, 0.3) is 11.5 Å². The van der Waals surface area contributed by atoms with Gasteiger partial charge in [0.15, 0.2) is 0 Å². The number of nitrogens with zero attached hydrogens (tertiary/aromatic N) is 2. The van der Waals surface area contributed by atoms with Crippen LogP contribution in [0.5, 0.6) is 0 Å². The zero-order valence-corrected chi connectivity index (χ0v) is 17.3. The monoisotopic (exact) mass is 435 g/mol. The van der Waals surface area contributed by atoms with Crippen LogP contribution in [0.3, 0.4) is 0 Å². The standard InChI is InChI=1S/C24H19ClFN3O2/c25-18-9-5-16(6-10-18)13-14-29(24(31)17-7-11-19(26)12-8-17)15-22-27-21-4-2-1-3-20(21)23(30)28-22/h1-12H,13-15H2,(H,27,28,30). The Morgan fingerprint density at radius 1 is 1.00 bits per heavy atom. The molecule has 7 heteroatoms. The smallest absolute Gasteiger partial charge is 0.258 e. The van der Waals surface area contributed by atoms with Crippen molar-refractivity contribution in [3.63, 3.8) is 0 Å². The van der Waals surface area contributed by atoms with E-state index in [4.69, 9.17) is 11.6 Å². The molecule has 0 radical (unpaired) electrons. The molecule has 0 aliphatic heterocycles. The molecule has 1 N–H and O–H groups in total. The number of rotatable bonds is 6. The van der Waals surface area contributed by atoms with Gasteiger partial charge in [-0.05, 0) is 60.5 Å². The summed E-state index contributed by atoms with van der Waals surface area (Å²) in [4.78, 5) is 34.4. The van der Waals surface area contributed by atoms with Crippen molar-refractivity contribution in [3.8, 4) is 0 Å². The van der Waals surface area contributed by atoms with Crippen LogP contribution in [0.25, 0.3) is 10.9 Å². The number of hydrogen-bond donors (Lipinski definition) is 1. The van der Waals surface area contributed by atoms with E-state index >= 15 is 0 Å². The fourth-order valence-corrected chi connectivity index (χ4v) is 3.46. The number of fused-ring (bicyclic) bond motifs is 1. The Hall–Kier alpha value is -3.51. The van der Waals surface area contributed by atoms with E-state index in [9.17, 15) is 14.0 Å². The Morgan fingerprint density at radius 2 is 1.71 bits per heavy atom. The van der Waals surface area contributed by atoms with Crippen molar-refractivity contribution in [1.29, 1.82) is 0 Å². The van der Waals surface area contributed by atoms with Crippen molar-refractivity contribution >= 4 is 28.4 Å². The fourth-order valence-electron chi connectivity index (χ4n) is 3.33. The van der Waals surface area contributed by atoms with Gasteiger partial charge in [-0.2, -0.15) is 0 Å². The summed E-state index contributed by atoms with van der Waals surface area (Å²) in [5.41, 5.74) is 1.68. The van der Waals surface area contributed by atoms with Crippen LogP contribution in [-0.4, -0.2) is 27.3 Å². The lowest BCUT2D eigenvalue weighted by Crippen LogP contribution is -2.34. The van der Waals surface area contributed by atoms with Crippen molar-refractivity contribution in [2.24, 2.45) is 0 Å². The second kappa shape index (κ2) is 9.10. The van der Waals surface area contributed by atoms with Crippen LogP contribution in [0.4, 0.5) is 4.39 Å². The van der Waals surface area contributed by atoms with E-state index in [0.29, 0.717) is 40.3 Å². The Morgan fingerprint density at radius 3 is 2.45 bits per heavy atom. The van der Waals surface area contributed by atoms with Gasteiger partial charge in [0.1, 0.15) is 11.6 Å². The van der Waals surface area contributed by atoms with E-state index < -0.39 is 5.82 Å². The van der Waals surface area contributed by atoms with Gasteiger partial charge >= 0.3 is 0 Å². The minimum absolute atomic E-state index is 0.115. The summed E-state index contributed by atoms with van der Waals surface area (Å²) in [5.74, 6) is -0.301. The number of aromatic amines is 1. The minimum Gasteiger partial charge on any atom is -0.331 e. The number of halogens is 2. The van der Waals surface area contributed by atoms with Gasteiger partial charge in [0.2, 0.25) is 0 Å². The third-order valence-corrected chi connectivity index (χ3v) is 5.22. The quantitative estimate of drug-likeness (QED) is 0.481. The molecule has 1 amide bonds. The number of para-hydroxylation sites is 1. The van der Waals surface area contributed by atoms with Crippen LogP contribution in [0.15, 0.2) is 77.6 Å². The Labute approximate surface area is 183 Å². The van der Waals surface area contributed by atoms with Crippen molar-refractivity contribution in [3.05, 3.63) is 111 Å². The zero-order chi connectivity index (χ0) is 21.8. The van der Waals surface area contributed by atoms with Crippen LogP contribution >= 0.6 is 11.6 Å². The van der Waals surface area contributed by atoms with Crippen LogP contribution in [-0.2, 0) is 13.0 Å². The first-order valence-electron chi connectivity index (χ1n) is 9.77. The summed E-state index contributed by atoms with van der Waals surface area (Å²) in [7, 11) is 0. The van der Waals surface area contributed by atoms with Crippen molar-refractivity contribution in [2.75, 3.05) is 6.54 Å². The van der Waals surface area contributed by atoms with Gasteiger partial charge in [-0.15, -0.1) is 0 Å². The average Bonchev–Trinajstić information content (AvgIpc) is 2.78. The van der Waals surface area contributed by atoms with E-state index in [1.807, 2.05) is 12.1 Å². The van der Waals surface area contributed by atoms with E-state index in [0.717, 1.165) is 5.56 Å². The number of hydrogen-bond acceptors (Lipinski definition) is 3. The molecule has 0 aliphatic rings. The Kier molecular flexibility index (Phi) is 6.09. The lowest BCUT2D eigenvalue weighted by molar-refractivity contribution is 0.0740. The summed E-state index contributed by atoms with van der Waals surface area (Å²) in [5, 5.41) is 1.13. The number of carbonyl (C=O) groups excluding carboxylic acids is 1. The molecule has 0 spiro atoms. The topological polar surface area (TPSA) is 66.1 Å². The first kappa shape index (κ1) is 20.8. The zero-order valence-electron chi connectivity index (χ0n) is 16.5. The third-order valence-electron chi connectivity index (χ3n) is 4.96. The molecule has 0 bridgehead atoms. The first-order valence-corrected chi connectivity index (χ1v) is 10.1. The number of nitrogens with one attached hydrogen (secondary N) is 1. The number of carbonyl (C=O) groups is 1. The van der Waals surface area contributed by atoms with Crippen molar-refractivity contribution < 1.29 is 9.18 Å². The summed E-state index contributed by atoms with van der Waals surface area (Å²) >= 11 is 5.95. The van der Waals surface area contributed by atoms with Crippen LogP contribution in [0.1, 0.15) is 21.7 Å². The van der Waals surface area contributed by atoms with E-state index in [1.54, 1.807) is 41.3 Å². The van der Waals surface area contributed by atoms with Gasteiger partial charge in [-0.1, -0.05) is 35.9 Å². The fraction of sp³-hybridized carbons (Fsp3) is 0.125. The molecule has 0 saturated carbocycles. The third kappa shape index (κ3) is 4.98. The second-order valence-corrected chi connectivity index (χ2v) is 7.58. The second-order valence-electron chi connectivity index (χ2n) is 7.14. The molecular formula is C24H19ClFN3O2. The molecule has 0 atom stereocenters. The molecule has 3 aromatic carbocycles. The lowest BCUT2D eigenvalue weighted by Gasteiger charge is -2.22. The summed E-state index contributed by atoms with van der Waals surface area (Å²) < 4.78 is 13.3. The molecule has 1 aromatic heterocycles. The molecular weight excluding hydrogens is 417 g/mol. The van der Waals surface area contributed by atoms with E-state index in [1.165, 1.54) is 24.3 Å². The van der Waals surface area contributed by atoms with Crippen LogP contribution < -0.4 is 5.56 Å². The largest absolute Gasteiger partial charge is 0.331 e. The van der Waals surface area contributed by atoms with Crippen LogP contribution in [0.2, 0.25) is 5.02 Å². The maximum atomic E-state index is 13.3. The highest BCUT2D eigenvalue weighted by Gasteiger charge is 2.18.